The van der Waals surface area contributed by atoms with Gasteiger partial charge in [-0.25, -0.2) is 0 Å². The minimum atomic E-state index is -0.284. The number of methoxy groups -OCH3 is 1. The molecule has 4 rings (SSSR count). The van der Waals surface area contributed by atoms with Gasteiger partial charge in [0.25, 0.3) is 0 Å². The smallest absolute Gasteiger partial charge is 0.243 e. The maximum Gasteiger partial charge on any atom is 0.243 e. The Bertz CT molecular complexity index is 961. The fourth-order valence-corrected chi connectivity index (χ4v) is 6.15. The molecule has 2 aliphatic rings. The Morgan fingerprint density at radius 1 is 1.11 bits per heavy atom. The summed E-state index contributed by atoms with van der Waals surface area (Å²) in [5.74, 6) is 0.724. The molecular formula is C21H20N2O3S2. The molecule has 5 nitrogen and oxygen atoms in total. The lowest BCUT2D eigenvalue weighted by molar-refractivity contribution is -0.126. The van der Waals surface area contributed by atoms with Crippen molar-refractivity contribution in [2.45, 2.75) is 15.5 Å². The van der Waals surface area contributed by atoms with Gasteiger partial charge in [0.15, 0.2) is 5.78 Å². The number of nitrogens with zero attached hydrogens (tertiary/aromatic N) is 2. The van der Waals surface area contributed by atoms with E-state index in [1.807, 2.05) is 43.4 Å². The topological polar surface area (TPSA) is 49.9 Å². The lowest BCUT2D eigenvalue weighted by Crippen LogP contribution is -2.39. The van der Waals surface area contributed by atoms with Gasteiger partial charge in [0.05, 0.1) is 17.8 Å². The van der Waals surface area contributed by atoms with Crippen LogP contribution in [0.15, 0.2) is 64.5 Å². The van der Waals surface area contributed by atoms with Gasteiger partial charge in [-0.2, -0.15) is 0 Å². The third-order valence-electron chi connectivity index (χ3n) is 4.90. The molecule has 2 unspecified atom stereocenters. The van der Waals surface area contributed by atoms with Crippen LogP contribution in [0.4, 0.5) is 5.69 Å². The van der Waals surface area contributed by atoms with E-state index in [0.29, 0.717) is 10.6 Å². The van der Waals surface area contributed by atoms with Gasteiger partial charge in [0, 0.05) is 30.6 Å². The summed E-state index contributed by atoms with van der Waals surface area (Å²) in [6, 6.07) is 15.1. The monoisotopic (exact) mass is 412 g/mol. The Morgan fingerprint density at radius 2 is 1.86 bits per heavy atom. The number of allylic oxidation sites excluding steroid dienone is 1. The van der Waals surface area contributed by atoms with Crippen LogP contribution in [-0.4, -0.2) is 48.4 Å². The normalized spacial score (nSPS) is 22.7. The average Bonchev–Trinajstić information content (AvgIpc) is 3.19. The van der Waals surface area contributed by atoms with E-state index in [9.17, 15) is 9.59 Å². The van der Waals surface area contributed by atoms with Gasteiger partial charge in [-0.15, -0.1) is 0 Å². The number of amides is 1. The summed E-state index contributed by atoms with van der Waals surface area (Å²) in [5, 5.41) is 0.361. The third-order valence-corrected chi connectivity index (χ3v) is 7.83. The lowest BCUT2D eigenvalue weighted by Gasteiger charge is -2.24. The van der Waals surface area contributed by atoms with Crippen LogP contribution >= 0.6 is 23.5 Å². The van der Waals surface area contributed by atoms with Crippen LogP contribution in [0.3, 0.4) is 0 Å². The number of ether oxygens (including phenoxy) is 1. The molecule has 0 radical (unpaired) electrons. The summed E-state index contributed by atoms with van der Waals surface area (Å²) in [6.45, 7) is 0. The maximum absolute atomic E-state index is 12.9. The van der Waals surface area contributed by atoms with E-state index >= 15 is 0 Å². The molecule has 0 bridgehead atoms. The fourth-order valence-electron chi connectivity index (χ4n) is 3.29. The highest BCUT2D eigenvalue weighted by Crippen LogP contribution is 2.50. The molecule has 0 saturated carbocycles. The summed E-state index contributed by atoms with van der Waals surface area (Å²) in [6.07, 6.45) is 1.56. The largest absolute Gasteiger partial charge is 0.497 e. The van der Waals surface area contributed by atoms with Crippen LogP contribution in [0.25, 0.3) is 0 Å². The van der Waals surface area contributed by atoms with Gasteiger partial charge < -0.3 is 14.5 Å². The Labute approximate surface area is 172 Å². The number of thioether (sulfide) groups is 2. The first-order chi connectivity index (χ1) is 13.5. The molecule has 1 amide bonds. The van der Waals surface area contributed by atoms with Gasteiger partial charge >= 0.3 is 0 Å². The van der Waals surface area contributed by atoms with Crippen molar-refractivity contribution in [2.24, 2.45) is 0 Å². The van der Waals surface area contributed by atoms with Crippen molar-refractivity contribution >= 4 is 40.9 Å². The summed E-state index contributed by atoms with van der Waals surface area (Å²) < 4.78 is 5.32. The highest BCUT2D eigenvalue weighted by Gasteiger charge is 2.45. The van der Waals surface area contributed by atoms with Gasteiger partial charge in [-0.05, 0) is 18.2 Å². The molecule has 7 heteroatoms. The molecule has 1 fully saturated rings. The zero-order chi connectivity index (χ0) is 19.8. The van der Waals surface area contributed by atoms with Crippen molar-refractivity contribution in [3.05, 3.63) is 65.2 Å². The minimum Gasteiger partial charge on any atom is -0.497 e. The molecule has 2 heterocycles. The second-order valence-corrected chi connectivity index (χ2v) is 8.92. The third kappa shape index (κ3) is 3.29. The van der Waals surface area contributed by atoms with Gasteiger partial charge in [0.1, 0.15) is 16.4 Å². The molecule has 2 aromatic carbocycles. The second-order valence-electron chi connectivity index (χ2n) is 6.60. The molecule has 1 saturated heterocycles. The van der Waals surface area contributed by atoms with E-state index in [1.54, 1.807) is 49.0 Å². The van der Waals surface area contributed by atoms with E-state index in [-0.39, 0.29) is 22.3 Å². The fraction of sp³-hybridized carbons (Fsp3) is 0.238. The van der Waals surface area contributed by atoms with Crippen molar-refractivity contribution in [1.82, 2.24) is 4.90 Å². The average molecular weight is 413 g/mol. The summed E-state index contributed by atoms with van der Waals surface area (Å²) in [4.78, 5) is 30.3. The molecule has 2 aliphatic heterocycles. The number of carbonyl (C=O) groups excluding carboxylic acids is 2. The van der Waals surface area contributed by atoms with E-state index in [2.05, 4.69) is 4.90 Å². The maximum atomic E-state index is 12.9. The predicted octanol–water partition coefficient (Wildman–Crippen LogP) is 3.86. The minimum absolute atomic E-state index is 0.0150. The van der Waals surface area contributed by atoms with Crippen LogP contribution in [0.5, 0.6) is 5.75 Å². The van der Waals surface area contributed by atoms with Crippen molar-refractivity contribution < 1.29 is 14.3 Å². The van der Waals surface area contributed by atoms with E-state index in [1.165, 1.54) is 11.8 Å². The quantitative estimate of drug-likeness (QED) is 0.561. The predicted molar refractivity (Wildman–Crippen MR) is 114 cm³/mol. The number of hydrogen-bond donors (Lipinski definition) is 0. The van der Waals surface area contributed by atoms with Crippen molar-refractivity contribution in [3.63, 3.8) is 0 Å². The molecule has 0 N–H and O–H groups in total. The summed E-state index contributed by atoms with van der Waals surface area (Å²) in [5.41, 5.74) is 1.71. The number of carbonyl (C=O) groups is 2. The second kappa shape index (κ2) is 7.56. The van der Waals surface area contributed by atoms with Crippen LogP contribution in [0, 0.1) is 0 Å². The molecule has 28 heavy (non-hydrogen) atoms. The van der Waals surface area contributed by atoms with Gasteiger partial charge in [0.2, 0.25) is 5.91 Å². The van der Waals surface area contributed by atoms with E-state index in [4.69, 9.17) is 4.74 Å². The number of ketones is 1. The first-order valence-corrected chi connectivity index (χ1v) is 10.6. The number of hydrogen-bond acceptors (Lipinski definition) is 6. The molecule has 0 aliphatic carbocycles. The molecule has 2 atom stereocenters. The van der Waals surface area contributed by atoms with Gasteiger partial charge in [-0.1, -0.05) is 53.9 Å². The molecule has 2 aromatic rings. The van der Waals surface area contributed by atoms with Crippen LogP contribution in [-0.2, 0) is 4.79 Å². The van der Waals surface area contributed by atoms with Gasteiger partial charge in [-0.3, -0.25) is 9.59 Å². The van der Waals surface area contributed by atoms with E-state index < -0.39 is 0 Å². The zero-order valence-electron chi connectivity index (χ0n) is 15.8. The standard InChI is InChI=1S/C21H20N2O3S2/c1-22-15-10-9-14(26-3)11-17(15)27-21(22)19-20(25)23(2)18(28-19)12-16(24)13-7-5-4-6-8-13/h4-12,19,21H,1-3H3. The molecule has 0 aromatic heterocycles. The molecule has 0 spiro atoms. The number of fused-ring (bicyclic) bond motifs is 1. The van der Waals surface area contributed by atoms with Crippen LogP contribution < -0.4 is 9.64 Å². The zero-order valence-corrected chi connectivity index (χ0v) is 17.4. The van der Waals surface area contributed by atoms with Crippen LogP contribution in [0.2, 0.25) is 0 Å². The Hall–Kier alpha value is -2.38. The van der Waals surface area contributed by atoms with Crippen LogP contribution in [0.1, 0.15) is 10.4 Å². The Balaban J connectivity index is 1.56. The summed E-state index contributed by atoms with van der Waals surface area (Å²) in [7, 11) is 5.38. The molecular weight excluding hydrogens is 392 g/mol. The number of anilines is 1. The highest BCUT2D eigenvalue weighted by molar-refractivity contribution is 8.07. The number of rotatable bonds is 4. The molecule has 144 valence electrons. The Morgan fingerprint density at radius 3 is 2.57 bits per heavy atom. The lowest BCUT2D eigenvalue weighted by atomic mass is 10.1. The number of benzene rings is 2. The first kappa shape index (κ1) is 19.0. The summed E-state index contributed by atoms with van der Waals surface area (Å²) >= 11 is 3.11. The first-order valence-electron chi connectivity index (χ1n) is 8.82. The highest BCUT2D eigenvalue weighted by atomic mass is 32.2. The van der Waals surface area contributed by atoms with Crippen molar-refractivity contribution in [2.75, 3.05) is 26.1 Å². The van der Waals surface area contributed by atoms with Crippen molar-refractivity contribution in [3.8, 4) is 5.75 Å². The Kier molecular flexibility index (Phi) is 5.12. The SMILES string of the molecule is COc1ccc2c(c1)SC(C1SC(=CC(=O)c3ccccc3)N(C)C1=O)N2C. The van der Waals surface area contributed by atoms with E-state index in [0.717, 1.165) is 16.3 Å². The van der Waals surface area contributed by atoms with Crippen molar-refractivity contribution in [1.29, 1.82) is 0 Å².